The molecular formula is C14H23N3O. The zero-order valence-electron chi connectivity index (χ0n) is 11.4. The SMILES string of the molecule is Cc1ccn(CCNC2CCCC(C)C2)c(=O)n1. The zero-order valence-corrected chi connectivity index (χ0v) is 11.4. The van der Waals surface area contributed by atoms with E-state index in [2.05, 4.69) is 17.2 Å². The number of nitrogens with one attached hydrogen (secondary N) is 1. The maximum atomic E-state index is 11.6. The van der Waals surface area contributed by atoms with Crippen molar-refractivity contribution in [1.82, 2.24) is 14.9 Å². The fourth-order valence-electron chi connectivity index (χ4n) is 2.69. The van der Waals surface area contributed by atoms with Crippen molar-refractivity contribution < 1.29 is 0 Å². The maximum Gasteiger partial charge on any atom is 0.347 e. The van der Waals surface area contributed by atoms with Crippen LogP contribution in [-0.4, -0.2) is 22.1 Å². The van der Waals surface area contributed by atoms with E-state index < -0.39 is 0 Å². The minimum Gasteiger partial charge on any atom is -0.312 e. The van der Waals surface area contributed by atoms with Crippen molar-refractivity contribution in [3.05, 3.63) is 28.4 Å². The number of hydrogen-bond acceptors (Lipinski definition) is 3. The van der Waals surface area contributed by atoms with E-state index in [9.17, 15) is 4.79 Å². The second-order valence-electron chi connectivity index (χ2n) is 5.47. The van der Waals surface area contributed by atoms with Crippen LogP contribution in [0.5, 0.6) is 0 Å². The van der Waals surface area contributed by atoms with Crippen LogP contribution in [0.4, 0.5) is 0 Å². The third-order valence-corrected chi connectivity index (χ3v) is 3.74. The van der Waals surface area contributed by atoms with E-state index in [4.69, 9.17) is 0 Å². The van der Waals surface area contributed by atoms with Gasteiger partial charge in [0.1, 0.15) is 0 Å². The maximum absolute atomic E-state index is 11.6. The minimum atomic E-state index is -0.145. The smallest absolute Gasteiger partial charge is 0.312 e. The summed E-state index contributed by atoms with van der Waals surface area (Å²) in [5.74, 6) is 0.833. The van der Waals surface area contributed by atoms with Gasteiger partial charge < -0.3 is 5.32 Å². The number of aromatic nitrogens is 2. The summed E-state index contributed by atoms with van der Waals surface area (Å²) >= 11 is 0. The largest absolute Gasteiger partial charge is 0.347 e. The summed E-state index contributed by atoms with van der Waals surface area (Å²) in [5, 5.41) is 3.55. The van der Waals surface area contributed by atoms with E-state index in [0.29, 0.717) is 12.6 Å². The van der Waals surface area contributed by atoms with Gasteiger partial charge in [-0.2, -0.15) is 4.98 Å². The second kappa shape index (κ2) is 6.14. The van der Waals surface area contributed by atoms with Crippen LogP contribution in [-0.2, 0) is 6.54 Å². The molecule has 18 heavy (non-hydrogen) atoms. The lowest BCUT2D eigenvalue weighted by Gasteiger charge is -2.27. The molecule has 1 aliphatic rings. The molecule has 2 rings (SSSR count). The van der Waals surface area contributed by atoms with Gasteiger partial charge in [-0.3, -0.25) is 4.57 Å². The van der Waals surface area contributed by atoms with Crippen molar-refractivity contribution >= 4 is 0 Å². The molecule has 1 fully saturated rings. The van der Waals surface area contributed by atoms with Crippen LogP contribution in [0, 0.1) is 12.8 Å². The lowest BCUT2D eigenvalue weighted by molar-refractivity contribution is 0.299. The average Bonchev–Trinajstić information content (AvgIpc) is 2.32. The Morgan fingerprint density at radius 1 is 1.50 bits per heavy atom. The molecule has 2 atom stereocenters. The first-order valence-electron chi connectivity index (χ1n) is 6.92. The van der Waals surface area contributed by atoms with Crippen LogP contribution in [0.3, 0.4) is 0 Å². The van der Waals surface area contributed by atoms with E-state index in [0.717, 1.165) is 18.2 Å². The van der Waals surface area contributed by atoms with Crippen molar-refractivity contribution in [1.29, 1.82) is 0 Å². The van der Waals surface area contributed by atoms with E-state index >= 15 is 0 Å². The van der Waals surface area contributed by atoms with Crippen molar-refractivity contribution in [2.75, 3.05) is 6.54 Å². The monoisotopic (exact) mass is 249 g/mol. The number of hydrogen-bond donors (Lipinski definition) is 1. The van der Waals surface area contributed by atoms with Gasteiger partial charge in [0.2, 0.25) is 0 Å². The standard InChI is InChI=1S/C14H23N3O/c1-11-4-3-5-13(10-11)15-7-9-17-8-6-12(2)16-14(17)18/h6,8,11,13,15H,3-5,7,9-10H2,1-2H3. The van der Waals surface area contributed by atoms with Gasteiger partial charge >= 0.3 is 5.69 Å². The molecule has 0 saturated heterocycles. The first-order valence-corrected chi connectivity index (χ1v) is 6.92. The van der Waals surface area contributed by atoms with Crippen LogP contribution < -0.4 is 11.0 Å². The van der Waals surface area contributed by atoms with Crippen LogP contribution in [0.1, 0.15) is 38.3 Å². The Balaban J connectivity index is 1.79. The first-order chi connectivity index (χ1) is 8.65. The highest BCUT2D eigenvalue weighted by molar-refractivity contribution is 4.95. The first kappa shape index (κ1) is 13.3. The molecule has 1 heterocycles. The van der Waals surface area contributed by atoms with E-state index in [1.165, 1.54) is 25.7 Å². The highest BCUT2D eigenvalue weighted by atomic mass is 16.1. The predicted molar refractivity (Wildman–Crippen MR) is 72.7 cm³/mol. The predicted octanol–water partition coefficient (Wildman–Crippen LogP) is 1.72. The molecule has 1 aromatic heterocycles. The normalized spacial score (nSPS) is 24.1. The highest BCUT2D eigenvalue weighted by Gasteiger charge is 2.17. The molecule has 0 bridgehead atoms. The van der Waals surface area contributed by atoms with Gasteiger partial charge in [0.05, 0.1) is 0 Å². The lowest BCUT2D eigenvalue weighted by atomic mass is 9.87. The Morgan fingerprint density at radius 2 is 2.33 bits per heavy atom. The molecule has 100 valence electrons. The van der Waals surface area contributed by atoms with Crippen molar-refractivity contribution in [3.63, 3.8) is 0 Å². The Morgan fingerprint density at radius 3 is 3.06 bits per heavy atom. The Kier molecular flexibility index (Phi) is 4.53. The quantitative estimate of drug-likeness (QED) is 0.884. The third-order valence-electron chi connectivity index (χ3n) is 3.74. The summed E-state index contributed by atoms with van der Waals surface area (Å²) in [6, 6.07) is 2.51. The summed E-state index contributed by atoms with van der Waals surface area (Å²) in [6.07, 6.45) is 7.05. The summed E-state index contributed by atoms with van der Waals surface area (Å²) < 4.78 is 1.67. The van der Waals surface area contributed by atoms with Crippen LogP contribution >= 0.6 is 0 Å². The van der Waals surface area contributed by atoms with Gasteiger partial charge in [0.15, 0.2) is 0 Å². The van der Waals surface area contributed by atoms with Gasteiger partial charge in [0, 0.05) is 31.0 Å². The Labute approximate surface area is 108 Å². The molecule has 4 heteroatoms. The van der Waals surface area contributed by atoms with Crippen molar-refractivity contribution in [2.24, 2.45) is 5.92 Å². The molecule has 0 amide bonds. The number of aryl methyl sites for hydroxylation is 1. The van der Waals surface area contributed by atoms with E-state index in [1.807, 2.05) is 19.2 Å². The summed E-state index contributed by atoms with van der Waals surface area (Å²) in [6.45, 7) is 5.72. The average molecular weight is 249 g/mol. The van der Waals surface area contributed by atoms with Crippen LogP contribution in [0.25, 0.3) is 0 Å². The van der Waals surface area contributed by atoms with Gasteiger partial charge in [-0.25, -0.2) is 4.79 Å². The fraction of sp³-hybridized carbons (Fsp3) is 0.714. The van der Waals surface area contributed by atoms with Gasteiger partial charge in [0.25, 0.3) is 0 Å². The fourth-order valence-corrected chi connectivity index (χ4v) is 2.69. The van der Waals surface area contributed by atoms with Gasteiger partial charge in [-0.05, 0) is 31.7 Å². The number of nitrogens with zero attached hydrogens (tertiary/aromatic N) is 2. The molecule has 0 spiro atoms. The van der Waals surface area contributed by atoms with Crippen molar-refractivity contribution in [3.8, 4) is 0 Å². The van der Waals surface area contributed by atoms with Gasteiger partial charge in [-0.15, -0.1) is 0 Å². The van der Waals surface area contributed by atoms with Crippen LogP contribution in [0.15, 0.2) is 17.1 Å². The molecule has 0 radical (unpaired) electrons. The summed E-state index contributed by atoms with van der Waals surface area (Å²) in [4.78, 5) is 15.5. The minimum absolute atomic E-state index is 0.145. The molecule has 1 N–H and O–H groups in total. The topological polar surface area (TPSA) is 46.9 Å². The van der Waals surface area contributed by atoms with Crippen molar-refractivity contribution in [2.45, 2.75) is 52.1 Å². The van der Waals surface area contributed by atoms with Gasteiger partial charge in [-0.1, -0.05) is 19.8 Å². The Hall–Kier alpha value is -1.16. The summed E-state index contributed by atoms with van der Waals surface area (Å²) in [5.41, 5.74) is 0.638. The van der Waals surface area contributed by atoms with Crippen LogP contribution in [0.2, 0.25) is 0 Å². The molecule has 2 unspecified atom stereocenters. The highest BCUT2D eigenvalue weighted by Crippen LogP contribution is 2.23. The molecule has 0 aromatic carbocycles. The second-order valence-corrected chi connectivity index (χ2v) is 5.47. The molecule has 1 saturated carbocycles. The molecular weight excluding hydrogens is 226 g/mol. The lowest BCUT2D eigenvalue weighted by Crippen LogP contribution is -2.37. The Bertz CT molecular complexity index is 441. The zero-order chi connectivity index (χ0) is 13.0. The molecule has 1 aromatic rings. The number of rotatable bonds is 4. The summed E-state index contributed by atoms with van der Waals surface area (Å²) in [7, 11) is 0. The molecule has 0 aliphatic heterocycles. The third kappa shape index (κ3) is 3.67. The van der Waals surface area contributed by atoms with E-state index in [-0.39, 0.29) is 5.69 Å². The molecule has 4 nitrogen and oxygen atoms in total. The molecule has 1 aliphatic carbocycles. The van der Waals surface area contributed by atoms with E-state index in [1.54, 1.807) is 4.57 Å².